The molecule has 0 aromatic carbocycles. The van der Waals surface area contributed by atoms with Crippen molar-refractivity contribution in [2.75, 3.05) is 5.75 Å². The monoisotopic (exact) mass is 623 g/mol. The molecular weight excluding hydrogens is 558 g/mol. The van der Waals surface area contributed by atoms with E-state index in [1.807, 2.05) is 0 Å². The molecule has 0 aromatic rings. The SMILES string of the molecule is CC/C=C/CC/C=C/CC/C=C/C(O)C(CS(=O)(=O)O)NC(=O)CCCCCCCCC/C=C\CCCCCCCCC. The van der Waals surface area contributed by atoms with Crippen LogP contribution in [-0.4, -0.2) is 41.9 Å². The van der Waals surface area contributed by atoms with Crippen molar-refractivity contribution in [3.63, 3.8) is 0 Å². The first-order chi connectivity index (χ1) is 20.8. The molecule has 0 aliphatic carbocycles. The molecule has 0 saturated heterocycles. The van der Waals surface area contributed by atoms with Gasteiger partial charge in [0.25, 0.3) is 10.1 Å². The van der Waals surface area contributed by atoms with E-state index >= 15 is 0 Å². The van der Waals surface area contributed by atoms with Gasteiger partial charge in [0.05, 0.1) is 17.9 Å². The zero-order chi connectivity index (χ0) is 31.9. The average molecular weight is 624 g/mol. The van der Waals surface area contributed by atoms with Gasteiger partial charge in [-0.05, 0) is 64.2 Å². The molecule has 2 unspecified atom stereocenters. The van der Waals surface area contributed by atoms with Crippen LogP contribution in [0.5, 0.6) is 0 Å². The molecule has 6 nitrogen and oxygen atoms in total. The third-order valence-corrected chi connectivity index (χ3v) is 8.25. The highest BCUT2D eigenvalue weighted by Crippen LogP contribution is 2.12. The predicted octanol–water partition coefficient (Wildman–Crippen LogP) is 9.57. The molecule has 0 aliphatic rings. The van der Waals surface area contributed by atoms with E-state index in [0.717, 1.165) is 57.8 Å². The Kier molecular flexibility index (Phi) is 29.1. The lowest BCUT2D eigenvalue weighted by Gasteiger charge is -2.21. The van der Waals surface area contributed by atoms with Crippen molar-refractivity contribution in [3.05, 3.63) is 48.6 Å². The highest BCUT2D eigenvalue weighted by atomic mass is 32.2. The number of rotatable bonds is 30. The molecule has 250 valence electrons. The van der Waals surface area contributed by atoms with Gasteiger partial charge >= 0.3 is 0 Å². The highest BCUT2D eigenvalue weighted by Gasteiger charge is 2.24. The van der Waals surface area contributed by atoms with Crippen LogP contribution in [0.4, 0.5) is 0 Å². The average Bonchev–Trinajstić information content (AvgIpc) is 2.96. The van der Waals surface area contributed by atoms with Crippen molar-refractivity contribution < 1.29 is 22.9 Å². The Hall–Kier alpha value is -1.70. The summed E-state index contributed by atoms with van der Waals surface area (Å²) in [6.07, 6.45) is 39.6. The molecule has 0 radical (unpaired) electrons. The number of aliphatic hydroxyl groups excluding tert-OH is 1. The van der Waals surface area contributed by atoms with Crippen LogP contribution in [-0.2, 0) is 14.9 Å². The second-order valence-corrected chi connectivity index (χ2v) is 13.2. The van der Waals surface area contributed by atoms with Crippen LogP contribution in [0.1, 0.15) is 155 Å². The van der Waals surface area contributed by atoms with Gasteiger partial charge in [-0.1, -0.05) is 133 Å². The molecule has 1 amide bonds. The van der Waals surface area contributed by atoms with Gasteiger partial charge in [-0.25, -0.2) is 0 Å². The summed E-state index contributed by atoms with van der Waals surface area (Å²) in [5.74, 6) is -1.02. The standard InChI is InChI=1S/C36H65NO5S/c1-3-5-7-9-11-13-15-16-17-18-19-20-21-22-24-26-28-30-32-36(39)37-34(33-43(40,41)42)35(38)31-29-27-25-23-14-12-10-8-6-4-2/h6,8,14,17-18,23,29,31,34-35,38H,3-5,7,9-13,15-16,19-22,24-28,30,32-33H2,1-2H3,(H,37,39)(H,40,41,42)/b8-6+,18-17-,23-14+,31-29+. The molecule has 0 saturated carbocycles. The van der Waals surface area contributed by atoms with Crippen LogP contribution in [0.3, 0.4) is 0 Å². The van der Waals surface area contributed by atoms with Gasteiger partial charge in [0.2, 0.25) is 5.91 Å². The number of carbonyl (C=O) groups excluding carboxylic acids is 1. The van der Waals surface area contributed by atoms with Gasteiger partial charge in [-0.2, -0.15) is 8.42 Å². The topological polar surface area (TPSA) is 104 Å². The Morgan fingerprint density at radius 3 is 1.58 bits per heavy atom. The molecular formula is C36H65NO5S. The smallest absolute Gasteiger partial charge is 0.267 e. The largest absolute Gasteiger partial charge is 0.387 e. The third kappa shape index (κ3) is 31.5. The normalized spacial score (nSPS) is 14.0. The van der Waals surface area contributed by atoms with E-state index in [2.05, 4.69) is 55.6 Å². The number of aliphatic hydroxyl groups is 1. The first-order valence-electron chi connectivity index (χ1n) is 17.3. The summed E-state index contributed by atoms with van der Waals surface area (Å²) in [5.41, 5.74) is 0. The Balaban J connectivity index is 4.00. The van der Waals surface area contributed by atoms with E-state index in [1.165, 1.54) is 76.7 Å². The number of unbranched alkanes of at least 4 members (excludes halogenated alkanes) is 16. The van der Waals surface area contributed by atoms with Gasteiger partial charge in [-0.3, -0.25) is 9.35 Å². The van der Waals surface area contributed by atoms with Crippen LogP contribution in [0.25, 0.3) is 0 Å². The summed E-state index contributed by atoms with van der Waals surface area (Å²) in [7, 11) is -4.35. The van der Waals surface area contributed by atoms with Crippen molar-refractivity contribution in [3.8, 4) is 0 Å². The molecule has 0 heterocycles. The van der Waals surface area contributed by atoms with Gasteiger partial charge < -0.3 is 10.4 Å². The maximum Gasteiger partial charge on any atom is 0.267 e. The molecule has 0 bridgehead atoms. The molecule has 0 fully saturated rings. The van der Waals surface area contributed by atoms with E-state index < -0.39 is 28.0 Å². The minimum Gasteiger partial charge on any atom is -0.387 e. The quantitative estimate of drug-likeness (QED) is 0.0420. The van der Waals surface area contributed by atoms with Gasteiger partial charge in [0.15, 0.2) is 0 Å². The minimum absolute atomic E-state index is 0.278. The summed E-state index contributed by atoms with van der Waals surface area (Å²) >= 11 is 0. The molecule has 43 heavy (non-hydrogen) atoms. The Morgan fingerprint density at radius 1 is 0.628 bits per heavy atom. The second-order valence-electron chi connectivity index (χ2n) is 11.7. The summed E-state index contributed by atoms with van der Waals surface area (Å²) in [4.78, 5) is 12.4. The first kappa shape index (κ1) is 41.3. The fourth-order valence-electron chi connectivity index (χ4n) is 4.89. The summed E-state index contributed by atoms with van der Waals surface area (Å²) in [6.45, 7) is 4.37. The predicted molar refractivity (Wildman–Crippen MR) is 184 cm³/mol. The van der Waals surface area contributed by atoms with Gasteiger partial charge in [0, 0.05) is 6.42 Å². The van der Waals surface area contributed by atoms with Gasteiger partial charge in [0.1, 0.15) is 0 Å². The minimum atomic E-state index is -4.35. The Labute approximate surface area is 265 Å². The van der Waals surface area contributed by atoms with E-state index in [4.69, 9.17) is 0 Å². The summed E-state index contributed by atoms with van der Waals surface area (Å²) < 4.78 is 32.2. The fourth-order valence-corrected chi connectivity index (χ4v) is 5.63. The Morgan fingerprint density at radius 2 is 1.07 bits per heavy atom. The lowest BCUT2D eigenvalue weighted by Crippen LogP contribution is -2.46. The van der Waals surface area contributed by atoms with Crippen LogP contribution < -0.4 is 5.32 Å². The number of nitrogens with one attached hydrogen (secondary N) is 1. The zero-order valence-corrected chi connectivity index (χ0v) is 28.4. The van der Waals surface area contributed by atoms with Crippen LogP contribution in [0.2, 0.25) is 0 Å². The lowest BCUT2D eigenvalue weighted by atomic mass is 10.1. The van der Waals surface area contributed by atoms with E-state index in [-0.39, 0.29) is 12.3 Å². The molecule has 2 atom stereocenters. The number of amides is 1. The van der Waals surface area contributed by atoms with E-state index in [0.29, 0.717) is 6.42 Å². The molecule has 3 N–H and O–H groups in total. The van der Waals surface area contributed by atoms with Gasteiger partial charge in [-0.15, -0.1) is 0 Å². The maximum absolute atomic E-state index is 12.4. The lowest BCUT2D eigenvalue weighted by molar-refractivity contribution is -0.122. The third-order valence-electron chi connectivity index (χ3n) is 7.47. The van der Waals surface area contributed by atoms with E-state index in [9.17, 15) is 22.9 Å². The number of carbonyl (C=O) groups is 1. The van der Waals surface area contributed by atoms with Crippen molar-refractivity contribution in [1.82, 2.24) is 5.32 Å². The molecule has 0 spiro atoms. The molecule has 0 rings (SSSR count). The Bertz CT molecular complexity index is 863. The first-order valence-corrected chi connectivity index (χ1v) is 18.9. The van der Waals surface area contributed by atoms with Crippen molar-refractivity contribution in [2.24, 2.45) is 0 Å². The van der Waals surface area contributed by atoms with Crippen molar-refractivity contribution in [1.29, 1.82) is 0 Å². The fraction of sp³-hybridized carbons (Fsp3) is 0.750. The summed E-state index contributed by atoms with van der Waals surface area (Å²) in [6, 6.07) is -1.08. The molecule has 0 aromatic heterocycles. The molecule has 7 heteroatoms. The number of hydrogen-bond donors (Lipinski definition) is 3. The summed E-state index contributed by atoms with van der Waals surface area (Å²) in [5, 5.41) is 13.1. The number of hydrogen-bond acceptors (Lipinski definition) is 4. The molecule has 0 aliphatic heterocycles. The number of allylic oxidation sites excluding steroid dienone is 7. The second kappa shape index (κ2) is 30.3. The van der Waals surface area contributed by atoms with Crippen LogP contribution in [0.15, 0.2) is 48.6 Å². The van der Waals surface area contributed by atoms with Crippen molar-refractivity contribution >= 4 is 16.0 Å². The van der Waals surface area contributed by atoms with Crippen LogP contribution >= 0.6 is 0 Å². The zero-order valence-electron chi connectivity index (χ0n) is 27.6. The van der Waals surface area contributed by atoms with Crippen molar-refractivity contribution in [2.45, 2.75) is 167 Å². The van der Waals surface area contributed by atoms with E-state index in [1.54, 1.807) is 6.08 Å². The maximum atomic E-state index is 12.4. The highest BCUT2D eigenvalue weighted by molar-refractivity contribution is 7.85. The van der Waals surface area contributed by atoms with Crippen LogP contribution in [0, 0.1) is 0 Å².